The van der Waals surface area contributed by atoms with Crippen LogP contribution in [0.5, 0.6) is 0 Å². The number of carbonyl (C=O) groups is 1. The molecule has 0 bridgehead atoms. The Kier molecular flexibility index (Phi) is 4.22. The van der Waals surface area contributed by atoms with Crippen LogP contribution in [0, 0.1) is 0 Å². The van der Waals surface area contributed by atoms with E-state index in [1.54, 1.807) is 31.3 Å². The highest BCUT2D eigenvalue weighted by Crippen LogP contribution is 2.10. The fourth-order valence-corrected chi connectivity index (χ4v) is 1.82. The molecule has 7 nitrogen and oxygen atoms in total. The molecule has 0 spiro atoms. The van der Waals surface area contributed by atoms with Gasteiger partial charge in [0.1, 0.15) is 0 Å². The topological polar surface area (TPSA) is 99.1 Å². The molecule has 3 N–H and O–H groups in total. The number of nitrogen functional groups attached to an aromatic ring is 1. The van der Waals surface area contributed by atoms with E-state index in [9.17, 15) is 14.4 Å². The minimum absolute atomic E-state index is 0.0313. The summed E-state index contributed by atoms with van der Waals surface area (Å²) < 4.78 is 2.32. The zero-order valence-electron chi connectivity index (χ0n) is 11.6. The van der Waals surface area contributed by atoms with Crippen molar-refractivity contribution in [1.82, 2.24) is 9.13 Å². The average Bonchev–Trinajstić information content (AvgIpc) is 2.45. The molecule has 0 aliphatic heterocycles. The van der Waals surface area contributed by atoms with Crippen LogP contribution >= 0.6 is 0 Å². The summed E-state index contributed by atoms with van der Waals surface area (Å²) in [7, 11) is 1.55. The Morgan fingerprint density at radius 1 is 1.19 bits per heavy atom. The molecular formula is C14H16N4O3. The molecule has 1 aromatic carbocycles. The van der Waals surface area contributed by atoms with E-state index in [0.29, 0.717) is 11.4 Å². The van der Waals surface area contributed by atoms with Gasteiger partial charge in [-0.15, -0.1) is 0 Å². The van der Waals surface area contributed by atoms with Gasteiger partial charge in [0.2, 0.25) is 5.91 Å². The SMILES string of the molecule is Cn1ccc(=O)n(CCC(=O)Nc2ccc(N)cc2)c1=O. The zero-order valence-corrected chi connectivity index (χ0v) is 11.6. The number of aromatic nitrogens is 2. The second-order valence-electron chi connectivity index (χ2n) is 4.62. The number of nitrogens with one attached hydrogen (secondary N) is 1. The lowest BCUT2D eigenvalue weighted by Gasteiger charge is -2.07. The first-order valence-electron chi connectivity index (χ1n) is 6.39. The van der Waals surface area contributed by atoms with E-state index in [1.165, 1.54) is 16.8 Å². The molecule has 21 heavy (non-hydrogen) atoms. The Morgan fingerprint density at radius 2 is 1.86 bits per heavy atom. The van der Waals surface area contributed by atoms with Crippen LogP contribution in [0.4, 0.5) is 11.4 Å². The highest BCUT2D eigenvalue weighted by atomic mass is 16.2. The van der Waals surface area contributed by atoms with Gasteiger partial charge in [0, 0.05) is 43.7 Å². The number of nitrogens with two attached hydrogens (primary N) is 1. The molecule has 1 amide bonds. The van der Waals surface area contributed by atoms with Crippen molar-refractivity contribution in [3.8, 4) is 0 Å². The predicted molar refractivity (Wildman–Crippen MR) is 80.0 cm³/mol. The second kappa shape index (κ2) is 6.08. The minimum Gasteiger partial charge on any atom is -0.399 e. The molecule has 0 saturated heterocycles. The number of anilines is 2. The van der Waals surface area contributed by atoms with Gasteiger partial charge in [-0.3, -0.25) is 14.2 Å². The van der Waals surface area contributed by atoms with Crippen molar-refractivity contribution < 1.29 is 4.79 Å². The molecule has 0 fully saturated rings. The summed E-state index contributed by atoms with van der Waals surface area (Å²) >= 11 is 0. The molecule has 2 aromatic rings. The summed E-state index contributed by atoms with van der Waals surface area (Å²) in [5.41, 5.74) is 5.91. The molecule has 0 aliphatic carbocycles. The monoisotopic (exact) mass is 288 g/mol. The molecule has 0 radical (unpaired) electrons. The van der Waals surface area contributed by atoms with E-state index >= 15 is 0 Å². The molecule has 110 valence electrons. The van der Waals surface area contributed by atoms with Crippen molar-refractivity contribution in [2.45, 2.75) is 13.0 Å². The van der Waals surface area contributed by atoms with Crippen LogP contribution in [0.2, 0.25) is 0 Å². The molecule has 0 saturated carbocycles. The van der Waals surface area contributed by atoms with E-state index in [-0.39, 0.29) is 18.9 Å². The molecule has 0 aliphatic rings. The minimum atomic E-state index is -0.442. The number of amides is 1. The maximum Gasteiger partial charge on any atom is 0.330 e. The van der Waals surface area contributed by atoms with E-state index in [2.05, 4.69) is 5.32 Å². The summed E-state index contributed by atoms with van der Waals surface area (Å²) in [4.78, 5) is 35.2. The van der Waals surface area contributed by atoms with E-state index in [4.69, 9.17) is 5.73 Å². The van der Waals surface area contributed by atoms with E-state index in [0.717, 1.165) is 4.57 Å². The van der Waals surface area contributed by atoms with Gasteiger partial charge in [0.15, 0.2) is 0 Å². The average molecular weight is 288 g/mol. The zero-order chi connectivity index (χ0) is 15.4. The van der Waals surface area contributed by atoms with Gasteiger partial charge in [-0.2, -0.15) is 0 Å². The third kappa shape index (κ3) is 3.59. The second-order valence-corrected chi connectivity index (χ2v) is 4.62. The Balaban J connectivity index is 2.02. The Bertz CT molecular complexity index is 759. The standard InChI is InChI=1S/C14H16N4O3/c1-17-8-7-13(20)18(14(17)21)9-6-12(19)16-11-4-2-10(15)3-5-11/h2-5,7-8H,6,9,15H2,1H3,(H,16,19). The first-order chi connectivity index (χ1) is 9.97. The van der Waals surface area contributed by atoms with Crippen LogP contribution in [-0.4, -0.2) is 15.0 Å². The van der Waals surface area contributed by atoms with Crippen molar-refractivity contribution in [3.05, 3.63) is 57.4 Å². The van der Waals surface area contributed by atoms with E-state index < -0.39 is 11.2 Å². The smallest absolute Gasteiger partial charge is 0.330 e. The number of nitrogens with zero attached hydrogens (tertiary/aromatic N) is 2. The van der Waals surface area contributed by atoms with Crippen molar-refractivity contribution >= 4 is 17.3 Å². The molecule has 2 rings (SSSR count). The number of benzene rings is 1. The van der Waals surface area contributed by atoms with Gasteiger partial charge >= 0.3 is 5.69 Å². The first-order valence-corrected chi connectivity index (χ1v) is 6.39. The highest BCUT2D eigenvalue weighted by molar-refractivity contribution is 5.90. The third-order valence-corrected chi connectivity index (χ3v) is 3.00. The number of hydrogen-bond donors (Lipinski definition) is 2. The number of aryl methyl sites for hydroxylation is 1. The quantitative estimate of drug-likeness (QED) is 0.783. The lowest BCUT2D eigenvalue weighted by molar-refractivity contribution is -0.116. The summed E-state index contributed by atoms with van der Waals surface area (Å²) in [6.45, 7) is 0.0349. The third-order valence-electron chi connectivity index (χ3n) is 3.00. The van der Waals surface area contributed by atoms with Crippen LogP contribution < -0.4 is 22.3 Å². The fourth-order valence-electron chi connectivity index (χ4n) is 1.82. The summed E-state index contributed by atoms with van der Waals surface area (Å²) in [5, 5.41) is 2.67. The van der Waals surface area contributed by atoms with Gasteiger partial charge in [0.05, 0.1) is 0 Å². The molecule has 1 aromatic heterocycles. The summed E-state index contributed by atoms with van der Waals surface area (Å²) in [6, 6.07) is 8.00. The molecule has 0 unspecified atom stereocenters. The fraction of sp³-hybridized carbons (Fsp3) is 0.214. The lowest BCUT2D eigenvalue weighted by atomic mass is 10.3. The van der Waals surface area contributed by atoms with Crippen LogP contribution in [0.15, 0.2) is 46.1 Å². The molecular weight excluding hydrogens is 272 g/mol. The Morgan fingerprint density at radius 3 is 2.52 bits per heavy atom. The van der Waals surface area contributed by atoms with E-state index in [1.807, 2.05) is 0 Å². The molecule has 7 heteroatoms. The van der Waals surface area contributed by atoms with Crippen molar-refractivity contribution in [1.29, 1.82) is 0 Å². The maximum atomic E-state index is 11.8. The van der Waals surface area contributed by atoms with Crippen LogP contribution in [-0.2, 0) is 18.4 Å². The predicted octanol–water partition coefficient (Wildman–Crippen LogP) is 0.158. The van der Waals surface area contributed by atoms with Crippen LogP contribution in [0.25, 0.3) is 0 Å². The highest BCUT2D eigenvalue weighted by Gasteiger charge is 2.07. The summed E-state index contributed by atoms with van der Waals surface area (Å²) in [6.07, 6.45) is 1.43. The molecule has 1 heterocycles. The first kappa shape index (κ1) is 14.6. The maximum absolute atomic E-state index is 11.8. The van der Waals surface area contributed by atoms with Gasteiger partial charge in [0.25, 0.3) is 5.56 Å². The largest absolute Gasteiger partial charge is 0.399 e. The Hall–Kier alpha value is -2.83. The normalized spacial score (nSPS) is 10.3. The number of carbonyl (C=O) groups excluding carboxylic acids is 1. The molecule has 0 atom stereocenters. The van der Waals surface area contributed by atoms with Gasteiger partial charge in [-0.05, 0) is 24.3 Å². The van der Waals surface area contributed by atoms with Gasteiger partial charge < -0.3 is 15.6 Å². The number of rotatable bonds is 4. The van der Waals surface area contributed by atoms with Crippen LogP contribution in [0.1, 0.15) is 6.42 Å². The lowest BCUT2D eigenvalue weighted by Crippen LogP contribution is -2.38. The Labute approximate surface area is 120 Å². The van der Waals surface area contributed by atoms with Gasteiger partial charge in [-0.25, -0.2) is 4.79 Å². The van der Waals surface area contributed by atoms with Gasteiger partial charge in [-0.1, -0.05) is 0 Å². The van der Waals surface area contributed by atoms with Crippen molar-refractivity contribution in [2.24, 2.45) is 7.05 Å². The van der Waals surface area contributed by atoms with Crippen molar-refractivity contribution in [3.63, 3.8) is 0 Å². The van der Waals surface area contributed by atoms with Crippen molar-refractivity contribution in [2.75, 3.05) is 11.1 Å². The summed E-state index contributed by atoms with van der Waals surface area (Å²) in [5.74, 6) is -0.280. The number of hydrogen-bond acceptors (Lipinski definition) is 4. The van der Waals surface area contributed by atoms with Crippen LogP contribution in [0.3, 0.4) is 0 Å².